The summed E-state index contributed by atoms with van der Waals surface area (Å²) in [5.74, 6) is 0. The van der Waals surface area contributed by atoms with E-state index in [2.05, 4.69) is 8.75 Å². The minimum Gasteiger partial charge on any atom is -0.291 e. The first-order valence-corrected chi connectivity index (χ1v) is 11.6. The minimum atomic E-state index is -0.736. The van der Waals surface area contributed by atoms with Gasteiger partial charge in [0, 0.05) is 34.2 Å². The second-order valence-corrected chi connectivity index (χ2v) is 9.68. The number of hydrogen-bond acceptors (Lipinski definition) is 9. The summed E-state index contributed by atoms with van der Waals surface area (Å²) in [7, 11) is 0. The van der Waals surface area contributed by atoms with Gasteiger partial charge in [-0.15, -0.1) is 22.7 Å². The number of thiophene rings is 2. The molecule has 148 valence electrons. The van der Waals surface area contributed by atoms with Crippen LogP contribution in [0.25, 0.3) is 20.2 Å². The molecule has 0 saturated carbocycles. The van der Waals surface area contributed by atoms with Crippen molar-refractivity contribution in [3.05, 3.63) is 85.2 Å². The number of hydrogen-bond donors (Lipinski definition) is 2. The van der Waals surface area contributed by atoms with E-state index in [9.17, 15) is 24.0 Å². The highest BCUT2D eigenvalue weighted by molar-refractivity contribution is 7.17. The minimum absolute atomic E-state index is 0.0332. The lowest BCUT2D eigenvalue weighted by Crippen LogP contribution is -2.25. The Labute approximate surface area is 178 Å². The fraction of sp³-hybridized carbons (Fsp3) is 0. The van der Waals surface area contributed by atoms with E-state index in [1.54, 1.807) is 22.9 Å². The molecule has 30 heavy (non-hydrogen) atoms. The van der Waals surface area contributed by atoms with Gasteiger partial charge in [0.05, 0.1) is 9.40 Å². The zero-order valence-electron chi connectivity index (χ0n) is 14.4. The fourth-order valence-corrected chi connectivity index (χ4v) is 6.77. The molecule has 6 rings (SSSR count). The molecule has 9 nitrogen and oxygen atoms in total. The third kappa shape index (κ3) is 2.06. The molecular weight excluding hydrogens is 468 g/mol. The van der Waals surface area contributed by atoms with E-state index in [0.717, 1.165) is 54.0 Å². The van der Waals surface area contributed by atoms with Gasteiger partial charge in [0.15, 0.2) is 0 Å². The second kappa shape index (κ2) is 5.95. The third-order valence-corrected chi connectivity index (χ3v) is 8.28. The fourth-order valence-electron chi connectivity index (χ4n) is 3.45. The number of nitrogens with one attached hydrogen (secondary N) is 2. The van der Waals surface area contributed by atoms with Gasteiger partial charge >= 0.3 is 6.03 Å². The number of fused-ring (bicyclic) bond motifs is 2. The molecule has 0 atom stereocenters. The van der Waals surface area contributed by atoms with Crippen LogP contribution in [0.4, 0.5) is 4.79 Å². The highest BCUT2D eigenvalue weighted by Gasteiger charge is 2.22. The zero-order chi connectivity index (χ0) is 20.7. The van der Waals surface area contributed by atoms with Crippen molar-refractivity contribution in [2.75, 3.05) is 0 Å². The normalized spacial score (nSPS) is 12.0. The highest BCUT2D eigenvalue weighted by Crippen LogP contribution is 2.16. The summed E-state index contributed by atoms with van der Waals surface area (Å²) in [6.45, 7) is 0. The van der Waals surface area contributed by atoms with Gasteiger partial charge in [-0.1, -0.05) is 0 Å². The van der Waals surface area contributed by atoms with Crippen LogP contribution in [0.2, 0.25) is 0 Å². The average molecular weight is 475 g/mol. The number of carbonyl (C=O) groups is 1. The monoisotopic (exact) mass is 474 g/mol. The summed E-state index contributed by atoms with van der Waals surface area (Å²) in [5, 5.41) is 3.67. The van der Waals surface area contributed by atoms with Crippen LogP contribution >= 0.6 is 46.1 Å². The van der Waals surface area contributed by atoms with E-state index in [0.29, 0.717) is 9.40 Å². The van der Waals surface area contributed by atoms with E-state index in [-0.39, 0.29) is 43.0 Å². The average Bonchev–Trinajstić information content (AvgIpc) is 3.53. The van der Waals surface area contributed by atoms with Gasteiger partial charge in [-0.3, -0.25) is 27.9 Å². The second-order valence-electron chi connectivity index (χ2n) is 6.35. The first kappa shape index (κ1) is 17.7. The van der Waals surface area contributed by atoms with Crippen LogP contribution < -0.4 is 21.7 Å². The molecule has 4 heterocycles. The number of nitrogens with zero attached hydrogens (tertiary/aromatic N) is 2. The molecule has 0 radical (unpaired) electrons. The maximum Gasteiger partial charge on any atom is 0.358 e. The highest BCUT2D eigenvalue weighted by atomic mass is 32.1. The standard InChI is InChI=1S/C17H6N4O5S4/c22-11-5-1-3-27-15(5)13(24)7-9(11)20(29-18-7)17(26)21-10-8(19-30-21)14(25)16-6(12(10)23)2-4-28-16/h1-4,18-19H. The zero-order valence-corrected chi connectivity index (χ0v) is 17.6. The summed E-state index contributed by atoms with van der Waals surface area (Å²) in [6.07, 6.45) is 0. The van der Waals surface area contributed by atoms with Gasteiger partial charge in [-0.05, 0) is 22.9 Å². The van der Waals surface area contributed by atoms with Crippen molar-refractivity contribution >= 4 is 72.3 Å². The van der Waals surface area contributed by atoms with Crippen LogP contribution in [-0.4, -0.2) is 22.7 Å². The Bertz CT molecular complexity index is 1880. The van der Waals surface area contributed by atoms with Crippen molar-refractivity contribution in [3.63, 3.8) is 0 Å². The SMILES string of the molecule is O=C(n1s[nH]c2c(=O)c3sccc3c(=O)c1=2)n1s[nH]c2c(=O)c3sccc3c(=O)c1=2. The van der Waals surface area contributed by atoms with E-state index >= 15 is 0 Å². The molecule has 0 fully saturated rings. The largest absolute Gasteiger partial charge is 0.358 e. The number of carbonyl (C=O) groups excluding carboxylic acids is 1. The van der Waals surface area contributed by atoms with Crippen molar-refractivity contribution in [2.24, 2.45) is 0 Å². The first-order valence-electron chi connectivity index (χ1n) is 8.31. The topological polar surface area (TPSA) is 127 Å². The van der Waals surface area contributed by atoms with E-state index in [1.165, 1.54) is 0 Å². The Kier molecular flexibility index (Phi) is 3.51. The van der Waals surface area contributed by atoms with Gasteiger partial charge < -0.3 is 0 Å². The molecule has 2 aliphatic heterocycles. The third-order valence-electron chi connectivity index (χ3n) is 4.82. The molecule has 2 aromatic heterocycles. The van der Waals surface area contributed by atoms with E-state index < -0.39 is 16.9 Å². The van der Waals surface area contributed by atoms with E-state index in [4.69, 9.17) is 0 Å². The van der Waals surface area contributed by atoms with Crippen molar-refractivity contribution in [1.29, 1.82) is 0 Å². The molecule has 0 bridgehead atoms. The predicted molar refractivity (Wildman–Crippen MR) is 116 cm³/mol. The van der Waals surface area contributed by atoms with Crippen LogP contribution in [0.15, 0.2) is 42.1 Å². The molecule has 13 heteroatoms. The van der Waals surface area contributed by atoms with Crippen LogP contribution in [0.5, 0.6) is 0 Å². The summed E-state index contributed by atoms with van der Waals surface area (Å²) in [5.41, 5.74) is -1.64. The molecule has 0 saturated heterocycles. The van der Waals surface area contributed by atoms with Gasteiger partial charge in [0.1, 0.15) is 21.4 Å². The molecule has 0 amide bonds. The molecule has 2 aromatic rings. The molecule has 0 aromatic carbocycles. The number of aromatic amines is 2. The van der Waals surface area contributed by atoms with Gasteiger partial charge in [-0.25, -0.2) is 4.79 Å². The first-order chi connectivity index (χ1) is 14.5. The Morgan fingerprint density at radius 3 is 1.57 bits per heavy atom. The molecular formula is C17H6N4O5S4. The molecule has 2 aliphatic carbocycles. The van der Waals surface area contributed by atoms with Crippen molar-refractivity contribution in [2.45, 2.75) is 0 Å². The van der Waals surface area contributed by atoms with Crippen LogP contribution in [0, 0.1) is 21.4 Å². The molecule has 0 unspecified atom stereocenters. The quantitative estimate of drug-likeness (QED) is 0.348. The lowest BCUT2D eigenvalue weighted by atomic mass is 10.2. The molecule has 2 N–H and O–H groups in total. The van der Waals surface area contributed by atoms with Crippen LogP contribution in [0.1, 0.15) is 0 Å². The molecule has 4 aliphatic rings. The maximum absolute atomic E-state index is 13.3. The lowest BCUT2D eigenvalue weighted by Gasteiger charge is -2.00. The lowest BCUT2D eigenvalue weighted by molar-refractivity contribution is 0.247. The van der Waals surface area contributed by atoms with Crippen molar-refractivity contribution in [1.82, 2.24) is 16.7 Å². The number of H-pyrrole nitrogens is 2. The Morgan fingerprint density at radius 2 is 1.13 bits per heavy atom. The Morgan fingerprint density at radius 1 is 0.700 bits per heavy atom. The summed E-state index contributed by atoms with van der Waals surface area (Å²) < 4.78 is 8.21. The van der Waals surface area contributed by atoms with Gasteiger partial charge in [0.25, 0.3) is 0 Å². The summed E-state index contributed by atoms with van der Waals surface area (Å²) in [4.78, 5) is 64.5. The Hall–Kier alpha value is -3.13. The predicted octanol–water partition coefficient (Wildman–Crippen LogP) is 1.90. The summed E-state index contributed by atoms with van der Waals surface area (Å²) >= 11 is 3.87. The van der Waals surface area contributed by atoms with Crippen molar-refractivity contribution in [3.8, 4) is 0 Å². The van der Waals surface area contributed by atoms with Crippen LogP contribution in [-0.2, 0) is 0 Å². The number of rotatable bonds is 0. The van der Waals surface area contributed by atoms with Gasteiger partial charge in [-0.2, -0.15) is 7.91 Å². The molecule has 0 spiro atoms. The van der Waals surface area contributed by atoms with E-state index in [1.807, 2.05) is 0 Å². The number of aromatic nitrogens is 4. The van der Waals surface area contributed by atoms with Crippen molar-refractivity contribution < 1.29 is 4.79 Å². The summed E-state index contributed by atoms with van der Waals surface area (Å²) in [6, 6.07) is 2.35. The van der Waals surface area contributed by atoms with Crippen LogP contribution in [0.3, 0.4) is 0 Å². The smallest absolute Gasteiger partial charge is 0.291 e. The Balaban J connectivity index is 1.74. The maximum atomic E-state index is 13.3. The van der Waals surface area contributed by atoms with Gasteiger partial charge in [0.2, 0.25) is 21.7 Å².